The molecular weight excluding hydrogens is 502 g/mol. The molecule has 0 aliphatic carbocycles. The monoisotopic (exact) mass is 529 g/mol. The van der Waals surface area contributed by atoms with Crippen LogP contribution in [0.5, 0.6) is 0 Å². The first-order valence-corrected chi connectivity index (χ1v) is 12.9. The molecule has 0 atom stereocenters. The molecule has 3 heterocycles. The molecule has 2 aromatic carbocycles. The number of nitrogens with zero attached hydrogens (tertiary/aromatic N) is 5. The normalized spacial score (nSPS) is 13.4. The van der Waals surface area contributed by atoms with Crippen molar-refractivity contribution >= 4 is 29.2 Å². The molecule has 1 aliphatic heterocycles. The standard InChI is InChI=1S/C29H28ClN5O3/c1-3-38-29(37)24-19-26(35(32-24)25-9-5-4-7-20(25)2)21-10-12-22(13-11-21)33-15-17-34(18-16-33)28(36)23-8-6-14-31-27(23)30/h4-14,19H,3,15-18H2,1-2H3. The second kappa shape index (κ2) is 11.1. The van der Waals surface area contributed by atoms with Crippen LogP contribution in [-0.2, 0) is 4.74 Å². The van der Waals surface area contributed by atoms with Gasteiger partial charge >= 0.3 is 5.97 Å². The Morgan fingerprint density at radius 2 is 1.71 bits per heavy atom. The Morgan fingerprint density at radius 3 is 2.39 bits per heavy atom. The van der Waals surface area contributed by atoms with E-state index < -0.39 is 5.97 Å². The lowest BCUT2D eigenvalue weighted by atomic mass is 10.1. The quantitative estimate of drug-likeness (QED) is 0.257. The van der Waals surface area contributed by atoms with Gasteiger partial charge in [0, 0.05) is 43.6 Å². The van der Waals surface area contributed by atoms with Crippen LogP contribution in [0.25, 0.3) is 16.9 Å². The first-order chi connectivity index (χ1) is 18.5. The van der Waals surface area contributed by atoms with Gasteiger partial charge in [0.25, 0.3) is 5.91 Å². The highest BCUT2D eigenvalue weighted by molar-refractivity contribution is 6.32. The molecule has 0 saturated carbocycles. The van der Waals surface area contributed by atoms with Gasteiger partial charge in [0.15, 0.2) is 5.69 Å². The highest BCUT2D eigenvalue weighted by Gasteiger charge is 2.24. The van der Waals surface area contributed by atoms with E-state index in [1.807, 2.05) is 48.2 Å². The van der Waals surface area contributed by atoms with Gasteiger partial charge in [-0.2, -0.15) is 5.10 Å². The van der Waals surface area contributed by atoms with Gasteiger partial charge in [-0.05, 0) is 55.8 Å². The van der Waals surface area contributed by atoms with Gasteiger partial charge < -0.3 is 14.5 Å². The predicted molar refractivity (Wildman–Crippen MR) is 147 cm³/mol. The summed E-state index contributed by atoms with van der Waals surface area (Å²) >= 11 is 6.12. The number of amides is 1. The van der Waals surface area contributed by atoms with Crippen molar-refractivity contribution < 1.29 is 14.3 Å². The lowest BCUT2D eigenvalue weighted by Crippen LogP contribution is -2.48. The summed E-state index contributed by atoms with van der Waals surface area (Å²) in [5.41, 5.74) is 5.44. The topological polar surface area (TPSA) is 80.6 Å². The second-order valence-corrected chi connectivity index (χ2v) is 9.36. The van der Waals surface area contributed by atoms with Crippen molar-refractivity contribution in [2.75, 3.05) is 37.7 Å². The van der Waals surface area contributed by atoms with Crippen molar-refractivity contribution in [1.82, 2.24) is 19.7 Å². The van der Waals surface area contributed by atoms with Crippen molar-refractivity contribution in [2.24, 2.45) is 0 Å². The summed E-state index contributed by atoms with van der Waals surface area (Å²) in [5.74, 6) is -0.544. The molecule has 0 N–H and O–H groups in total. The minimum atomic E-state index is -0.447. The fourth-order valence-corrected chi connectivity index (χ4v) is 4.80. The molecule has 0 bridgehead atoms. The number of anilines is 1. The summed E-state index contributed by atoms with van der Waals surface area (Å²) in [6.45, 7) is 6.67. The van der Waals surface area contributed by atoms with E-state index in [1.165, 1.54) is 0 Å². The fraction of sp³-hybridized carbons (Fsp3) is 0.241. The SMILES string of the molecule is CCOC(=O)c1cc(-c2ccc(N3CCN(C(=O)c4cccnc4Cl)CC3)cc2)n(-c2ccccc2C)n1. The number of pyridine rings is 1. The Labute approximate surface area is 226 Å². The van der Waals surface area contributed by atoms with Gasteiger partial charge in [-0.3, -0.25) is 4.79 Å². The van der Waals surface area contributed by atoms with Crippen LogP contribution in [-0.4, -0.2) is 64.3 Å². The smallest absolute Gasteiger partial charge is 0.358 e. The number of esters is 1. The number of carbonyl (C=O) groups is 2. The van der Waals surface area contributed by atoms with Gasteiger partial charge in [-0.25, -0.2) is 14.5 Å². The Morgan fingerprint density at radius 1 is 0.974 bits per heavy atom. The number of carbonyl (C=O) groups excluding carboxylic acids is 2. The molecule has 2 aromatic heterocycles. The third-order valence-corrected chi connectivity index (χ3v) is 6.92. The van der Waals surface area contributed by atoms with Crippen molar-refractivity contribution in [3.63, 3.8) is 0 Å². The van der Waals surface area contributed by atoms with Crippen LogP contribution in [0.15, 0.2) is 72.9 Å². The number of piperazine rings is 1. The molecule has 38 heavy (non-hydrogen) atoms. The number of benzene rings is 2. The molecule has 1 saturated heterocycles. The zero-order valence-corrected chi connectivity index (χ0v) is 22.1. The van der Waals surface area contributed by atoms with Crippen LogP contribution in [0.4, 0.5) is 5.69 Å². The van der Waals surface area contributed by atoms with Crippen LogP contribution in [0.1, 0.15) is 33.3 Å². The summed E-state index contributed by atoms with van der Waals surface area (Å²) in [6.07, 6.45) is 1.58. The van der Waals surface area contributed by atoms with Crippen LogP contribution >= 0.6 is 11.6 Å². The largest absolute Gasteiger partial charge is 0.461 e. The molecule has 194 valence electrons. The van der Waals surface area contributed by atoms with Crippen molar-refractivity contribution in [3.8, 4) is 16.9 Å². The zero-order chi connectivity index (χ0) is 26.6. The molecule has 1 fully saturated rings. The van der Waals surface area contributed by atoms with E-state index in [9.17, 15) is 9.59 Å². The lowest BCUT2D eigenvalue weighted by molar-refractivity contribution is 0.0518. The van der Waals surface area contributed by atoms with E-state index in [-0.39, 0.29) is 23.4 Å². The van der Waals surface area contributed by atoms with E-state index in [2.05, 4.69) is 27.1 Å². The number of aromatic nitrogens is 3. The van der Waals surface area contributed by atoms with Crippen molar-refractivity contribution in [1.29, 1.82) is 0 Å². The van der Waals surface area contributed by atoms with Crippen LogP contribution in [0, 0.1) is 6.92 Å². The Balaban J connectivity index is 1.35. The van der Waals surface area contributed by atoms with Gasteiger partial charge in [0.2, 0.25) is 0 Å². The summed E-state index contributed by atoms with van der Waals surface area (Å²) in [4.78, 5) is 33.4. The minimum Gasteiger partial charge on any atom is -0.461 e. The summed E-state index contributed by atoms with van der Waals surface area (Å²) in [6, 6.07) is 21.3. The molecule has 0 radical (unpaired) electrons. The molecule has 5 rings (SSSR count). The maximum Gasteiger partial charge on any atom is 0.358 e. The molecule has 1 aliphatic rings. The molecule has 8 nitrogen and oxygen atoms in total. The maximum absolute atomic E-state index is 12.9. The molecule has 0 spiro atoms. The summed E-state index contributed by atoms with van der Waals surface area (Å²) in [5, 5.41) is 4.81. The number of aryl methyl sites for hydroxylation is 1. The van der Waals surface area contributed by atoms with E-state index in [0.717, 1.165) is 28.2 Å². The van der Waals surface area contributed by atoms with E-state index in [1.54, 1.807) is 36.0 Å². The molecule has 1 amide bonds. The summed E-state index contributed by atoms with van der Waals surface area (Å²) < 4.78 is 6.99. The highest BCUT2D eigenvalue weighted by Crippen LogP contribution is 2.28. The third kappa shape index (κ3) is 5.13. The molecule has 9 heteroatoms. The average molecular weight is 530 g/mol. The average Bonchev–Trinajstić information content (AvgIpc) is 3.39. The van der Waals surface area contributed by atoms with Gasteiger partial charge in [-0.1, -0.05) is 41.9 Å². The van der Waals surface area contributed by atoms with Crippen LogP contribution < -0.4 is 4.90 Å². The van der Waals surface area contributed by atoms with Crippen LogP contribution in [0.3, 0.4) is 0 Å². The molecular formula is C29H28ClN5O3. The van der Waals surface area contributed by atoms with Crippen molar-refractivity contribution in [2.45, 2.75) is 13.8 Å². The van der Waals surface area contributed by atoms with Gasteiger partial charge in [-0.15, -0.1) is 0 Å². The predicted octanol–water partition coefficient (Wildman–Crippen LogP) is 5.04. The summed E-state index contributed by atoms with van der Waals surface area (Å²) in [7, 11) is 0. The Kier molecular flexibility index (Phi) is 7.42. The van der Waals surface area contributed by atoms with E-state index >= 15 is 0 Å². The van der Waals surface area contributed by atoms with Crippen molar-refractivity contribution in [3.05, 3.63) is 94.9 Å². The number of halogens is 1. The Hall–Kier alpha value is -4.17. The lowest BCUT2D eigenvalue weighted by Gasteiger charge is -2.36. The zero-order valence-electron chi connectivity index (χ0n) is 21.3. The number of hydrogen-bond donors (Lipinski definition) is 0. The van der Waals surface area contributed by atoms with Gasteiger partial charge in [0.05, 0.1) is 23.6 Å². The third-order valence-electron chi connectivity index (χ3n) is 6.62. The molecule has 0 unspecified atom stereocenters. The number of hydrogen-bond acceptors (Lipinski definition) is 6. The second-order valence-electron chi connectivity index (χ2n) is 9.00. The number of rotatable bonds is 6. The minimum absolute atomic E-state index is 0.0973. The Bertz CT molecular complexity index is 1460. The van der Waals surface area contributed by atoms with Gasteiger partial charge in [0.1, 0.15) is 5.15 Å². The van der Waals surface area contributed by atoms with E-state index in [4.69, 9.17) is 16.3 Å². The number of para-hydroxylation sites is 1. The van der Waals surface area contributed by atoms with E-state index in [0.29, 0.717) is 31.7 Å². The first-order valence-electron chi connectivity index (χ1n) is 12.5. The van der Waals surface area contributed by atoms with Crippen LogP contribution in [0.2, 0.25) is 5.15 Å². The number of ether oxygens (including phenoxy) is 1. The molecule has 4 aromatic rings. The maximum atomic E-state index is 12.9. The first kappa shape index (κ1) is 25.5. The highest BCUT2D eigenvalue weighted by atomic mass is 35.5. The fourth-order valence-electron chi connectivity index (χ4n) is 4.60.